The molecule has 1 saturated heterocycles. The van der Waals surface area contributed by atoms with Crippen LogP contribution in [0, 0.1) is 0 Å². The summed E-state index contributed by atoms with van der Waals surface area (Å²) in [5.74, 6) is 0.765. The zero-order chi connectivity index (χ0) is 13.1. The normalized spacial score (nSPS) is 16.6. The van der Waals surface area contributed by atoms with Crippen LogP contribution in [0.1, 0.15) is 30.1 Å². The Balaban J connectivity index is 1.78. The lowest BCUT2D eigenvalue weighted by atomic mass is 10.0. The van der Waals surface area contributed by atoms with Crippen molar-refractivity contribution >= 4 is 5.95 Å². The van der Waals surface area contributed by atoms with Gasteiger partial charge in [-0.25, -0.2) is 9.97 Å². The van der Waals surface area contributed by atoms with Crippen molar-refractivity contribution in [3.05, 3.63) is 53.9 Å². The second kappa shape index (κ2) is 5.36. The summed E-state index contributed by atoms with van der Waals surface area (Å²) in [6.45, 7) is 2.06. The van der Waals surface area contributed by atoms with Gasteiger partial charge in [-0.3, -0.25) is 0 Å². The summed E-state index contributed by atoms with van der Waals surface area (Å²) >= 11 is 0. The molecule has 1 atom stereocenters. The molecule has 0 aliphatic carbocycles. The van der Waals surface area contributed by atoms with Crippen LogP contribution in [-0.4, -0.2) is 28.2 Å². The third-order valence-electron chi connectivity index (χ3n) is 3.48. The van der Waals surface area contributed by atoms with Gasteiger partial charge in [0.25, 0.3) is 0 Å². The third kappa shape index (κ3) is 2.58. The van der Waals surface area contributed by atoms with Crippen LogP contribution in [0.25, 0.3) is 0 Å². The smallest absolute Gasteiger partial charge is 0.225 e. The lowest BCUT2D eigenvalue weighted by Crippen LogP contribution is -2.20. The molecule has 0 bridgehead atoms. The number of anilines is 1. The van der Waals surface area contributed by atoms with Crippen LogP contribution in [0.5, 0.6) is 0 Å². The van der Waals surface area contributed by atoms with E-state index < -0.39 is 6.10 Å². The molecule has 2 aromatic rings. The van der Waals surface area contributed by atoms with Gasteiger partial charge in [-0.1, -0.05) is 30.3 Å². The number of aliphatic hydroxyl groups excluding tert-OH is 1. The van der Waals surface area contributed by atoms with E-state index in [0.717, 1.165) is 30.2 Å². The molecule has 0 radical (unpaired) electrons. The number of aliphatic hydroxyl groups is 1. The van der Waals surface area contributed by atoms with E-state index in [1.165, 1.54) is 12.8 Å². The predicted molar refractivity (Wildman–Crippen MR) is 74.0 cm³/mol. The largest absolute Gasteiger partial charge is 0.384 e. The molecule has 1 fully saturated rings. The number of hydrogen-bond acceptors (Lipinski definition) is 4. The standard InChI is InChI=1S/C15H17N3O/c19-14(12-6-2-1-3-7-12)13-10-16-15(17-11-13)18-8-4-5-9-18/h1-3,6-7,10-11,14,19H,4-5,8-9H2. The van der Waals surface area contributed by atoms with Crippen LogP contribution >= 0.6 is 0 Å². The first kappa shape index (κ1) is 12.1. The maximum absolute atomic E-state index is 10.3. The maximum Gasteiger partial charge on any atom is 0.225 e. The first-order chi connectivity index (χ1) is 9.34. The van der Waals surface area contributed by atoms with Crippen LogP contribution in [0.3, 0.4) is 0 Å². The first-order valence-corrected chi connectivity index (χ1v) is 6.64. The van der Waals surface area contributed by atoms with E-state index in [9.17, 15) is 5.11 Å². The Morgan fingerprint density at radius 1 is 0.947 bits per heavy atom. The van der Waals surface area contributed by atoms with Crippen molar-refractivity contribution in [3.63, 3.8) is 0 Å². The van der Waals surface area contributed by atoms with Crippen LogP contribution < -0.4 is 4.90 Å². The molecule has 4 nitrogen and oxygen atoms in total. The van der Waals surface area contributed by atoms with E-state index in [4.69, 9.17) is 0 Å². The highest BCUT2D eigenvalue weighted by molar-refractivity contribution is 5.33. The Kier molecular flexibility index (Phi) is 3.42. The second-order valence-electron chi connectivity index (χ2n) is 4.82. The highest BCUT2D eigenvalue weighted by Crippen LogP contribution is 2.22. The topological polar surface area (TPSA) is 49.3 Å². The van der Waals surface area contributed by atoms with Gasteiger partial charge in [-0.15, -0.1) is 0 Å². The Morgan fingerprint density at radius 2 is 1.58 bits per heavy atom. The summed E-state index contributed by atoms with van der Waals surface area (Å²) in [5.41, 5.74) is 1.59. The van der Waals surface area contributed by atoms with Crippen LogP contribution in [-0.2, 0) is 0 Å². The molecule has 2 heterocycles. The minimum absolute atomic E-state index is 0.658. The van der Waals surface area contributed by atoms with Gasteiger partial charge in [0.15, 0.2) is 0 Å². The molecule has 1 aromatic heterocycles. The zero-order valence-electron chi connectivity index (χ0n) is 10.7. The van der Waals surface area contributed by atoms with Gasteiger partial charge in [0.2, 0.25) is 5.95 Å². The van der Waals surface area contributed by atoms with Gasteiger partial charge in [0, 0.05) is 31.0 Å². The van der Waals surface area contributed by atoms with E-state index in [1.54, 1.807) is 12.4 Å². The number of hydrogen-bond donors (Lipinski definition) is 1. The second-order valence-corrected chi connectivity index (χ2v) is 4.82. The molecular formula is C15H17N3O. The monoisotopic (exact) mass is 255 g/mol. The highest BCUT2D eigenvalue weighted by Gasteiger charge is 2.16. The van der Waals surface area contributed by atoms with Crippen molar-refractivity contribution in [1.82, 2.24) is 9.97 Å². The van der Waals surface area contributed by atoms with Gasteiger partial charge in [0.05, 0.1) is 0 Å². The summed E-state index contributed by atoms with van der Waals surface area (Å²) in [6.07, 6.45) is 5.19. The predicted octanol–water partition coefficient (Wildman–Crippen LogP) is 2.16. The minimum Gasteiger partial charge on any atom is -0.384 e. The molecular weight excluding hydrogens is 238 g/mol. The SMILES string of the molecule is OC(c1ccccc1)c1cnc(N2CCCC2)nc1. The molecule has 3 rings (SSSR count). The van der Waals surface area contributed by atoms with Gasteiger partial charge < -0.3 is 10.0 Å². The van der Waals surface area contributed by atoms with E-state index in [1.807, 2.05) is 30.3 Å². The van der Waals surface area contributed by atoms with Crippen molar-refractivity contribution < 1.29 is 5.11 Å². The Labute approximate surface area is 112 Å². The van der Waals surface area contributed by atoms with Crippen molar-refractivity contribution in [1.29, 1.82) is 0 Å². The van der Waals surface area contributed by atoms with Crippen LogP contribution in [0.2, 0.25) is 0 Å². The molecule has 0 spiro atoms. The maximum atomic E-state index is 10.3. The van der Waals surface area contributed by atoms with E-state index in [0.29, 0.717) is 0 Å². The van der Waals surface area contributed by atoms with Gasteiger partial charge >= 0.3 is 0 Å². The quantitative estimate of drug-likeness (QED) is 0.913. The Bertz CT molecular complexity index is 521. The fraction of sp³-hybridized carbons (Fsp3) is 0.333. The lowest BCUT2D eigenvalue weighted by molar-refractivity contribution is 0.219. The summed E-state index contributed by atoms with van der Waals surface area (Å²) in [5, 5.41) is 10.3. The molecule has 19 heavy (non-hydrogen) atoms. The summed E-state index contributed by atoms with van der Waals surface area (Å²) in [7, 11) is 0. The minimum atomic E-state index is -0.658. The summed E-state index contributed by atoms with van der Waals surface area (Å²) in [6, 6.07) is 9.57. The molecule has 0 saturated carbocycles. The van der Waals surface area contributed by atoms with Crippen molar-refractivity contribution in [3.8, 4) is 0 Å². The fourth-order valence-electron chi connectivity index (χ4n) is 2.38. The molecule has 0 amide bonds. The van der Waals surface area contributed by atoms with Gasteiger partial charge in [0.1, 0.15) is 6.10 Å². The molecule has 98 valence electrons. The number of nitrogens with zero attached hydrogens (tertiary/aromatic N) is 3. The first-order valence-electron chi connectivity index (χ1n) is 6.64. The summed E-state index contributed by atoms with van der Waals surface area (Å²) < 4.78 is 0. The van der Waals surface area contributed by atoms with Gasteiger partial charge in [-0.2, -0.15) is 0 Å². The fourth-order valence-corrected chi connectivity index (χ4v) is 2.38. The van der Waals surface area contributed by atoms with Crippen molar-refractivity contribution in [2.75, 3.05) is 18.0 Å². The van der Waals surface area contributed by atoms with E-state index in [-0.39, 0.29) is 0 Å². The molecule has 1 N–H and O–H groups in total. The third-order valence-corrected chi connectivity index (χ3v) is 3.48. The number of rotatable bonds is 3. The number of benzene rings is 1. The van der Waals surface area contributed by atoms with Crippen molar-refractivity contribution in [2.24, 2.45) is 0 Å². The van der Waals surface area contributed by atoms with E-state index >= 15 is 0 Å². The van der Waals surface area contributed by atoms with Crippen LogP contribution in [0.15, 0.2) is 42.7 Å². The Hall–Kier alpha value is -1.94. The zero-order valence-corrected chi connectivity index (χ0v) is 10.7. The number of aromatic nitrogens is 2. The van der Waals surface area contributed by atoms with Gasteiger partial charge in [-0.05, 0) is 18.4 Å². The molecule has 1 aliphatic heterocycles. The average Bonchev–Trinajstić information content (AvgIpc) is 3.02. The highest BCUT2D eigenvalue weighted by atomic mass is 16.3. The molecule has 1 aromatic carbocycles. The average molecular weight is 255 g/mol. The van der Waals surface area contributed by atoms with Crippen molar-refractivity contribution in [2.45, 2.75) is 18.9 Å². The molecule has 4 heteroatoms. The summed E-state index contributed by atoms with van der Waals surface area (Å²) in [4.78, 5) is 10.9. The van der Waals surface area contributed by atoms with E-state index in [2.05, 4.69) is 14.9 Å². The lowest BCUT2D eigenvalue weighted by Gasteiger charge is -2.16. The molecule has 1 aliphatic rings. The molecule has 1 unspecified atom stereocenters. The Morgan fingerprint density at radius 3 is 2.21 bits per heavy atom. The van der Waals surface area contributed by atoms with Crippen LogP contribution in [0.4, 0.5) is 5.95 Å².